The Kier molecular flexibility index (Phi) is 10.8. The third-order valence-corrected chi connectivity index (χ3v) is 3.79. The zero-order valence-corrected chi connectivity index (χ0v) is 15.0. The molecule has 0 atom stereocenters. The number of amides is 1. The fraction of sp³-hybridized carbons (Fsp3) is 0.882. The van der Waals surface area contributed by atoms with Crippen LogP contribution in [0.5, 0.6) is 0 Å². The molecular weight excluding hydrogens is 314 g/mol. The van der Waals surface area contributed by atoms with Crippen LogP contribution in [0.15, 0.2) is 0 Å². The average molecular weight is 345 g/mol. The van der Waals surface area contributed by atoms with Crippen LogP contribution in [-0.4, -0.2) is 69.6 Å². The normalized spacial score (nSPS) is 20.0. The van der Waals surface area contributed by atoms with Crippen LogP contribution in [0.1, 0.15) is 40.0 Å². The summed E-state index contributed by atoms with van der Waals surface area (Å²) in [6, 6.07) is -0.168. The van der Waals surface area contributed by atoms with E-state index in [1.165, 1.54) is 0 Å². The van der Waals surface area contributed by atoms with Crippen molar-refractivity contribution in [1.82, 2.24) is 5.32 Å². The van der Waals surface area contributed by atoms with E-state index < -0.39 is 0 Å². The van der Waals surface area contributed by atoms with Gasteiger partial charge >= 0.3 is 0 Å². The monoisotopic (exact) mass is 345 g/mol. The first kappa shape index (κ1) is 21.0. The van der Waals surface area contributed by atoms with Crippen LogP contribution >= 0.6 is 0 Å². The van der Waals surface area contributed by atoms with Crippen molar-refractivity contribution in [3.63, 3.8) is 0 Å². The van der Waals surface area contributed by atoms with Crippen molar-refractivity contribution in [2.24, 2.45) is 0 Å². The molecular formula is C17H31NO6. The molecule has 1 aliphatic rings. The Morgan fingerprint density at radius 2 is 1.50 bits per heavy atom. The van der Waals surface area contributed by atoms with Crippen molar-refractivity contribution in [3.05, 3.63) is 0 Å². The third-order valence-electron chi connectivity index (χ3n) is 3.79. The van der Waals surface area contributed by atoms with Gasteiger partial charge in [0.1, 0.15) is 13.2 Å². The molecule has 1 saturated carbocycles. The summed E-state index contributed by atoms with van der Waals surface area (Å²) in [5.41, 5.74) is 0. The number of carbonyl (C=O) groups is 2. The molecule has 1 aliphatic carbocycles. The molecule has 0 spiro atoms. The molecule has 0 aliphatic heterocycles. The lowest BCUT2D eigenvalue weighted by molar-refractivity contribution is -0.143. The average Bonchev–Trinajstić information content (AvgIpc) is 2.54. The standard InChI is InChI=1S/C17H31NO6/c1-4-14(19)11-23-15-7-16(8-15)24-12-17(20)18-13(9-21-5-2)10-22-6-3/h13,15-16H,4-12H2,1-3H3,(H,18,20). The molecule has 0 aromatic rings. The summed E-state index contributed by atoms with van der Waals surface area (Å²) in [6.07, 6.45) is 2.04. The molecule has 140 valence electrons. The van der Waals surface area contributed by atoms with E-state index in [0.717, 1.165) is 12.8 Å². The van der Waals surface area contributed by atoms with E-state index in [1.807, 2.05) is 20.8 Å². The molecule has 1 fully saturated rings. The Hall–Kier alpha value is -1.02. The van der Waals surface area contributed by atoms with E-state index in [9.17, 15) is 9.59 Å². The fourth-order valence-corrected chi connectivity index (χ4v) is 2.22. The first-order valence-corrected chi connectivity index (χ1v) is 8.78. The fourth-order valence-electron chi connectivity index (χ4n) is 2.22. The molecule has 0 heterocycles. The molecule has 0 bridgehead atoms. The second-order valence-electron chi connectivity index (χ2n) is 5.81. The van der Waals surface area contributed by atoms with Crippen LogP contribution in [0.4, 0.5) is 0 Å². The summed E-state index contributed by atoms with van der Waals surface area (Å²) >= 11 is 0. The van der Waals surface area contributed by atoms with Crippen molar-refractivity contribution in [1.29, 1.82) is 0 Å². The minimum atomic E-state index is -0.176. The predicted molar refractivity (Wildman–Crippen MR) is 88.9 cm³/mol. The maximum atomic E-state index is 11.9. The van der Waals surface area contributed by atoms with Crippen molar-refractivity contribution in [3.8, 4) is 0 Å². The molecule has 7 nitrogen and oxygen atoms in total. The number of hydrogen-bond acceptors (Lipinski definition) is 6. The van der Waals surface area contributed by atoms with Gasteiger partial charge in [-0.2, -0.15) is 0 Å². The van der Waals surface area contributed by atoms with Gasteiger partial charge in [0.05, 0.1) is 31.5 Å². The molecule has 1 amide bonds. The Morgan fingerprint density at radius 1 is 0.958 bits per heavy atom. The van der Waals surface area contributed by atoms with Crippen LogP contribution in [0.2, 0.25) is 0 Å². The number of rotatable bonds is 14. The highest BCUT2D eigenvalue weighted by Gasteiger charge is 2.31. The van der Waals surface area contributed by atoms with Gasteiger partial charge in [-0.1, -0.05) is 6.92 Å². The lowest BCUT2D eigenvalue weighted by Gasteiger charge is -2.34. The van der Waals surface area contributed by atoms with Gasteiger partial charge in [0.2, 0.25) is 5.91 Å². The summed E-state index contributed by atoms with van der Waals surface area (Å²) in [5.74, 6) is -0.0710. The Morgan fingerprint density at radius 3 is 2.00 bits per heavy atom. The van der Waals surface area contributed by atoms with E-state index in [0.29, 0.717) is 32.8 Å². The van der Waals surface area contributed by atoms with Gasteiger partial charge in [0, 0.05) is 19.6 Å². The van der Waals surface area contributed by atoms with E-state index in [2.05, 4.69) is 5.32 Å². The molecule has 0 saturated heterocycles. The number of ether oxygens (including phenoxy) is 4. The Bertz CT molecular complexity index is 362. The van der Waals surface area contributed by atoms with E-state index in [4.69, 9.17) is 18.9 Å². The Balaban J connectivity index is 2.13. The maximum absolute atomic E-state index is 11.9. The number of Topliss-reactive ketones (excluding diaryl/α,β-unsaturated/α-hetero) is 1. The minimum Gasteiger partial charge on any atom is -0.380 e. The summed E-state index contributed by atoms with van der Waals surface area (Å²) in [4.78, 5) is 23.1. The Labute approximate surface area is 144 Å². The first-order chi connectivity index (χ1) is 11.6. The van der Waals surface area contributed by atoms with Crippen LogP contribution in [-0.2, 0) is 28.5 Å². The van der Waals surface area contributed by atoms with Gasteiger partial charge in [0.15, 0.2) is 5.78 Å². The molecule has 1 rings (SSSR count). The summed E-state index contributed by atoms with van der Waals surface area (Å²) < 4.78 is 21.7. The van der Waals surface area contributed by atoms with Crippen molar-refractivity contribution in [2.75, 3.05) is 39.6 Å². The molecule has 1 N–H and O–H groups in total. The summed E-state index contributed by atoms with van der Waals surface area (Å²) in [5, 5.41) is 2.86. The highest BCUT2D eigenvalue weighted by molar-refractivity contribution is 5.79. The second-order valence-corrected chi connectivity index (χ2v) is 5.81. The molecule has 24 heavy (non-hydrogen) atoms. The van der Waals surface area contributed by atoms with Crippen LogP contribution < -0.4 is 5.32 Å². The topological polar surface area (TPSA) is 83.1 Å². The lowest BCUT2D eigenvalue weighted by atomic mass is 9.92. The smallest absolute Gasteiger partial charge is 0.246 e. The minimum absolute atomic E-state index is 0.0139. The van der Waals surface area contributed by atoms with Gasteiger partial charge in [-0.25, -0.2) is 0 Å². The first-order valence-electron chi connectivity index (χ1n) is 8.78. The maximum Gasteiger partial charge on any atom is 0.246 e. The van der Waals surface area contributed by atoms with Crippen molar-refractivity contribution >= 4 is 11.7 Å². The highest BCUT2D eigenvalue weighted by Crippen LogP contribution is 2.26. The third kappa shape index (κ3) is 8.73. The van der Waals surface area contributed by atoms with Crippen LogP contribution in [0.3, 0.4) is 0 Å². The van der Waals surface area contributed by atoms with Crippen molar-refractivity contribution < 1.29 is 28.5 Å². The van der Waals surface area contributed by atoms with Crippen molar-refractivity contribution in [2.45, 2.75) is 58.3 Å². The highest BCUT2D eigenvalue weighted by atomic mass is 16.5. The molecule has 0 aromatic heterocycles. The zero-order chi connectivity index (χ0) is 17.8. The summed E-state index contributed by atoms with van der Waals surface area (Å²) in [6.45, 7) is 7.86. The van der Waals surface area contributed by atoms with E-state index >= 15 is 0 Å². The zero-order valence-electron chi connectivity index (χ0n) is 15.0. The van der Waals surface area contributed by atoms with Crippen LogP contribution in [0, 0.1) is 0 Å². The number of carbonyl (C=O) groups excluding carboxylic acids is 2. The van der Waals surface area contributed by atoms with Gasteiger partial charge in [0.25, 0.3) is 0 Å². The largest absolute Gasteiger partial charge is 0.380 e. The SMILES string of the molecule is CCOCC(COCC)NC(=O)COC1CC(OCC(=O)CC)C1. The van der Waals surface area contributed by atoms with E-state index in [-0.39, 0.29) is 43.2 Å². The predicted octanol–water partition coefficient (Wildman–Crippen LogP) is 1.09. The molecule has 0 radical (unpaired) electrons. The molecule has 0 aromatic carbocycles. The van der Waals surface area contributed by atoms with Gasteiger partial charge in [-0.05, 0) is 26.7 Å². The molecule has 0 unspecified atom stereocenters. The lowest BCUT2D eigenvalue weighted by Crippen LogP contribution is -2.45. The van der Waals surface area contributed by atoms with Gasteiger partial charge < -0.3 is 24.3 Å². The van der Waals surface area contributed by atoms with E-state index in [1.54, 1.807) is 0 Å². The van der Waals surface area contributed by atoms with Gasteiger partial charge in [-0.3, -0.25) is 9.59 Å². The second kappa shape index (κ2) is 12.4. The number of nitrogens with one attached hydrogen (secondary N) is 1. The molecule has 7 heteroatoms. The summed E-state index contributed by atoms with van der Waals surface area (Å²) in [7, 11) is 0. The van der Waals surface area contributed by atoms with Crippen LogP contribution in [0.25, 0.3) is 0 Å². The van der Waals surface area contributed by atoms with Gasteiger partial charge in [-0.15, -0.1) is 0 Å². The number of ketones is 1. The number of hydrogen-bond donors (Lipinski definition) is 1. The quantitative estimate of drug-likeness (QED) is 0.507.